The number of carbonyl (C=O) groups is 2. The molecular weight excluding hydrogens is 308 g/mol. The molecule has 1 fully saturated rings. The number of rotatable bonds is 7. The number of imide groups is 1. The highest BCUT2D eigenvalue weighted by molar-refractivity contribution is 6.06. The van der Waals surface area contributed by atoms with E-state index in [9.17, 15) is 14.7 Å². The zero-order valence-electron chi connectivity index (χ0n) is 14.8. The summed E-state index contributed by atoms with van der Waals surface area (Å²) in [6.45, 7) is 7.51. The van der Waals surface area contributed by atoms with E-state index in [0.29, 0.717) is 12.2 Å². The minimum Gasteiger partial charge on any atom is -0.491 e. The lowest BCUT2D eigenvalue weighted by molar-refractivity contribution is -0.132. The predicted octanol–water partition coefficient (Wildman–Crippen LogP) is 2.15. The number of nitrogens with zero attached hydrogens (tertiary/aromatic N) is 1. The van der Waals surface area contributed by atoms with Gasteiger partial charge >= 0.3 is 6.03 Å². The van der Waals surface area contributed by atoms with E-state index in [-0.39, 0.29) is 19.1 Å². The van der Waals surface area contributed by atoms with Gasteiger partial charge in [0, 0.05) is 0 Å². The summed E-state index contributed by atoms with van der Waals surface area (Å²) >= 11 is 0. The van der Waals surface area contributed by atoms with Gasteiger partial charge in [-0.15, -0.1) is 0 Å². The van der Waals surface area contributed by atoms with Crippen LogP contribution in [0.4, 0.5) is 4.79 Å². The summed E-state index contributed by atoms with van der Waals surface area (Å²) in [5, 5.41) is 12.9. The Bertz CT molecular complexity index is 631. The largest absolute Gasteiger partial charge is 0.491 e. The van der Waals surface area contributed by atoms with Crippen molar-refractivity contribution in [2.75, 3.05) is 13.2 Å². The maximum atomic E-state index is 12.4. The maximum absolute atomic E-state index is 12.4. The second kappa shape index (κ2) is 7.21. The molecule has 1 aliphatic heterocycles. The van der Waals surface area contributed by atoms with Crippen LogP contribution in [0.1, 0.15) is 37.8 Å². The van der Waals surface area contributed by atoms with Gasteiger partial charge in [-0.1, -0.05) is 25.5 Å². The Morgan fingerprint density at radius 1 is 1.33 bits per heavy atom. The smallest absolute Gasteiger partial charge is 0.325 e. The molecule has 2 unspecified atom stereocenters. The van der Waals surface area contributed by atoms with Gasteiger partial charge in [0.25, 0.3) is 5.91 Å². The SMILES string of the molecule is CCCC1(C)NC(=O)N(CC(O)COc2cc(C)ccc2C)C1=O. The fraction of sp³-hybridized carbons (Fsp3) is 0.556. The molecule has 6 nitrogen and oxygen atoms in total. The van der Waals surface area contributed by atoms with E-state index in [4.69, 9.17) is 4.74 Å². The molecule has 1 aliphatic rings. The third-order valence-electron chi connectivity index (χ3n) is 4.26. The van der Waals surface area contributed by atoms with Gasteiger partial charge in [-0.2, -0.15) is 0 Å². The summed E-state index contributed by atoms with van der Waals surface area (Å²) in [6, 6.07) is 5.38. The average molecular weight is 334 g/mol. The van der Waals surface area contributed by atoms with Crippen molar-refractivity contribution in [1.82, 2.24) is 10.2 Å². The van der Waals surface area contributed by atoms with Crippen molar-refractivity contribution in [1.29, 1.82) is 0 Å². The first-order chi connectivity index (χ1) is 11.3. The number of nitrogens with one attached hydrogen (secondary N) is 1. The van der Waals surface area contributed by atoms with Crippen molar-refractivity contribution in [2.24, 2.45) is 0 Å². The molecule has 0 radical (unpaired) electrons. The Morgan fingerprint density at radius 2 is 2.04 bits per heavy atom. The minimum absolute atomic E-state index is 0.0197. The first-order valence-electron chi connectivity index (χ1n) is 8.29. The van der Waals surface area contributed by atoms with Crippen molar-refractivity contribution in [3.8, 4) is 5.75 Å². The monoisotopic (exact) mass is 334 g/mol. The maximum Gasteiger partial charge on any atom is 0.325 e. The van der Waals surface area contributed by atoms with E-state index in [1.165, 1.54) is 0 Å². The number of amides is 3. The van der Waals surface area contributed by atoms with E-state index in [0.717, 1.165) is 22.4 Å². The lowest BCUT2D eigenvalue weighted by atomic mass is 9.96. The molecule has 1 heterocycles. The summed E-state index contributed by atoms with van der Waals surface area (Å²) < 4.78 is 5.64. The van der Waals surface area contributed by atoms with Crippen LogP contribution in [0, 0.1) is 13.8 Å². The van der Waals surface area contributed by atoms with Crippen LogP contribution in [-0.2, 0) is 4.79 Å². The topological polar surface area (TPSA) is 78.9 Å². The summed E-state index contributed by atoms with van der Waals surface area (Å²) in [4.78, 5) is 25.5. The third-order valence-corrected chi connectivity index (χ3v) is 4.26. The lowest BCUT2D eigenvalue weighted by Gasteiger charge is -2.22. The van der Waals surface area contributed by atoms with Gasteiger partial charge in [0.1, 0.15) is 24.0 Å². The van der Waals surface area contributed by atoms with Crippen LogP contribution in [0.25, 0.3) is 0 Å². The van der Waals surface area contributed by atoms with Crippen LogP contribution < -0.4 is 10.1 Å². The highest BCUT2D eigenvalue weighted by Gasteiger charge is 2.47. The number of hydrogen-bond donors (Lipinski definition) is 2. The third kappa shape index (κ3) is 3.87. The van der Waals surface area contributed by atoms with Crippen LogP contribution in [0.15, 0.2) is 18.2 Å². The molecule has 0 saturated carbocycles. The molecule has 2 rings (SSSR count). The van der Waals surface area contributed by atoms with E-state index in [1.54, 1.807) is 6.92 Å². The highest BCUT2D eigenvalue weighted by atomic mass is 16.5. The summed E-state index contributed by atoms with van der Waals surface area (Å²) in [5.41, 5.74) is 1.16. The van der Waals surface area contributed by atoms with E-state index in [1.807, 2.05) is 39.0 Å². The molecule has 0 spiro atoms. The van der Waals surface area contributed by atoms with Gasteiger partial charge in [0.05, 0.1) is 6.54 Å². The second-order valence-electron chi connectivity index (χ2n) is 6.66. The van der Waals surface area contributed by atoms with E-state index >= 15 is 0 Å². The number of β-amino-alcohol motifs (C(OH)–C–C–N with tert-alkyl or cyclic N) is 1. The quantitative estimate of drug-likeness (QED) is 0.749. The standard InChI is InChI=1S/C18H26N2O4/c1-5-8-18(4)16(22)20(17(23)19-18)10-14(21)11-24-15-9-12(2)6-7-13(15)3/h6-7,9,14,21H,5,8,10-11H2,1-4H3,(H,19,23). The van der Waals surface area contributed by atoms with Crippen LogP contribution in [-0.4, -0.2) is 46.7 Å². The first-order valence-corrected chi connectivity index (χ1v) is 8.29. The van der Waals surface area contributed by atoms with Gasteiger partial charge in [0.15, 0.2) is 0 Å². The molecule has 0 bridgehead atoms. The number of aryl methyl sites for hydroxylation is 2. The van der Waals surface area contributed by atoms with E-state index < -0.39 is 17.7 Å². The number of benzene rings is 1. The molecule has 24 heavy (non-hydrogen) atoms. The molecule has 1 aromatic rings. The Hall–Kier alpha value is -2.08. The molecule has 1 aromatic carbocycles. The van der Waals surface area contributed by atoms with Gasteiger partial charge in [0.2, 0.25) is 0 Å². The molecular formula is C18H26N2O4. The van der Waals surface area contributed by atoms with Crippen LogP contribution in [0.2, 0.25) is 0 Å². The zero-order valence-corrected chi connectivity index (χ0v) is 14.8. The van der Waals surface area contributed by atoms with Gasteiger partial charge < -0.3 is 15.2 Å². The molecule has 3 amide bonds. The Morgan fingerprint density at radius 3 is 2.71 bits per heavy atom. The summed E-state index contributed by atoms with van der Waals surface area (Å²) in [7, 11) is 0. The minimum atomic E-state index is -0.941. The molecule has 2 N–H and O–H groups in total. The van der Waals surface area contributed by atoms with E-state index in [2.05, 4.69) is 5.32 Å². The summed E-state index contributed by atoms with van der Waals surface area (Å²) in [5.74, 6) is 0.405. The van der Waals surface area contributed by atoms with Gasteiger partial charge in [-0.3, -0.25) is 9.69 Å². The van der Waals surface area contributed by atoms with Crippen LogP contribution in [0.3, 0.4) is 0 Å². The zero-order chi connectivity index (χ0) is 17.9. The van der Waals surface area contributed by atoms with Gasteiger partial charge in [-0.25, -0.2) is 4.79 Å². The summed E-state index contributed by atoms with van der Waals surface area (Å²) in [6.07, 6.45) is 0.418. The van der Waals surface area contributed by atoms with Gasteiger partial charge in [-0.05, 0) is 44.4 Å². The Balaban J connectivity index is 1.95. The normalized spacial score (nSPS) is 21.8. The number of urea groups is 1. The van der Waals surface area contributed by atoms with Crippen molar-refractivity contribution in [2.45, 2.75) is 52.2 Å². The highest BCUT2D eigenvalue weighted by Crippen LogP contribution is 2.23. The molecule has 2 atom stereocenters. The number of ether oxygens (including phenoxy) is 1. The Labute approximate surface area is 142 Å². The number of aliphatic hydroxyl groups is 1. The number of aliphatic hydroxyl groups excluding tert-OH is 1. The molecule has 0 aliphatic carbocycles. The molecule has 1 saturated heterocycles. The van der Waals surface area contributed by atoms with Crippen molar-refractivity contribution < 1.29 is 19.4 Å². The predicted molar refractivity (Wildman–Crippen MR) is 91.0 cm³/mol. The fourth-order valence-corrected chi connectivity index (χ4v) is 2.89. The lowest BCUT2D eigenvalue weighted by Crippen LogP contribution is -2.44. The second-order valence-corrected chi connectivity index (χ2v) is 6.66. The van der Waals surface area contributed by atoms with Crippen molar-refractivity contribution >= 4 is 11.9 Å². The van der Waals surface area contributed by atoms with Crippen molar-refractivity contribution in [3.05, 3.63) is 29.3 Å². The molecule has 132 valence electrons. The average Bonchev–Trinajstić information content (AvgIpc) is 2.72. The van der Waals surface area contributed by atoms with Crippen molar-refractivity contribution in [3.63, 3.8) is 0 Å². The molecule has 6 heteroatoms. The molecule has 0 aromatic heterocycles. The number of carbonyl (C=O) groups excluding carboxylic acids is 2. The van der Waals surface area contributed by atoms with Crippen LogP contribution in [0.5, 0.6) is 5.75 Å². The Kier molecular flexibility index (Phi) is 5.49. The fourth-order valence-electron chi connectivity index (χ4n) is 2.89. The number of hydrogen-bond acceptors (Lipinski definition) is 4. The van der Waals surface area contributed by atoms with Crippen LogP contribution >= 0.6 is 0 Å². The first kappa shape index (κ1) is 18.3.